The highest BCUT2D eigenvalue weighted by Crippen LogP contribution is 2.27. The summed E-state index contributed by atoms with van der Waals surface area (Å²) in [6.45, 7) is 0. The van der Waals surface area contributed by atoms with E-state index in [0.717, 1.165) is 18.4 Å². The molecule has 0 saturated carbocycles. The van der Waals surface area contributed by atoms with Crippen molar-refractivity contribution in [2.75, 3.05) is 0 Å². The second kappa shape index (κ2) is 5.87. The quantitative estimate of drug-likeness (QED) is 0.867. The molecule has 1 nitrogen and oxygen atoms in total. The van der Waals surface area contributed by atoms with Crippen LogP contribution in [0.3, 0.4) is 0 Å². The summed E-state index contributed by atoms with van der Waals surface area (Å²) in [6.07, 6.45) is 1.87. The van der Waals surface area contributed by atoms with E-state index in [0.29, 0.717) is 10.0 Å². The molecule has 2 N–H and O–H groups in total. The Balaban J connectivity index is 2.01. The molecule has 0 fully saturated rings. The van der Waals surface area contributed by atoms with Gasteiger partial charge in [-0.05, 0) is 42.0 Å². The molecule has 1 unspecified atom stereocenters. The Bertz CT molecular complexity index is 482. The lowest BCUT2D eigenvalue weighted by Gasteiger charge is -2.13. The van der Waals surface area contributed by atoms with Crippen molar-refractivity contribution in [3.8, 4) is 0 Å². The Morgan fingerprint density at radius 1 is 1.24 bits per heavy atom. The van der Waals surface area contributed by atoms with Crippen molar-refractivity contribution < 1.29 is 0 Å². The normalized spacial score (nSPS) is 12.6. The molecular weight excluding hydrogens is 273 g/mol. The molecule has 0 aliphatic carbocycles. The Kier molecular flexibility index (Phi) is 4.46. The van der Waals surface area contributed by atoms with Crippen LogP contribution in [0, 0.1) is 0 Å². The molecule has 17 heavy (non-hydrogen) atoms. The molecule has 2 rings (SSSR count). The van der Waals surface area contributed by atoms with Gasteiger partial charge in [-0.3, -0.25) is 0 Å². The van der Waals surface area contributed by atoms with E-state index in [1.165, 1.54) is 4.88 Å². The maximum atomic E-state index is 6.14. The Hall–Kier alpha value is -0.540. The van der Waals surface area contributed by atoms with Gasteiger partial charge in [0.1, 0.15) is 0 Å². The first kappa shape index (κ1) is 12.9. The summed E-state index contributed by atoms with van der Waals surface area (Å²) in [7, 11) is 0. The van der Waals surface area contributed by atoms with Crippen molar-refractivity contribution in [1.82, 2.24) is 0 Å². The Labute approximate surface area is 115 Å². The Morgan fingerprint density at radius 3 is 2.71 bits per heavy atom. The fourth-order valence-corrected chi connectivity index (χ4v) is 2.98. The summed E-state index contributed by atoms with van der Waals surface area (Å²) < 4.78 is 0. The summed E-state index contributed by atoms with van der Waals surface area (Å²) in [6, 6.07) is 9.62. The van der Waals surface area contributed by atoms with E-state index >= 15 is 0 Å². The van der Waals surface area contributed by atoms with Gasteiger partial charge in [0, 0.05) is 21.0 Å². The van der Waals surface area contributed by atoms with Crippen LogP contribution in [0.2, 0.25) is 10.0 Å². The largest absolute Gasteiger partial charge is 0.324 e. The SMILES string of the molecule is NC(CCc1cccs1)c1ccc(Cl)cc1Cl. The first-order valence-corrected chi connectivity index (χ1v) is 7.03. The molecule has 1 heterocycles. The van der Waals surface area contributed by atoms with Crippen molar-refractivity contribution in [3.05, 3.63) is 56.2 Å². The van der Waals surface area contributed by atoms with Crippen LogP contribution in [0.15, 0.2) is 35.7 Å². The summed E-state index contributed by atoms with van der Waals surface area (Å²) >= 11 is 13.7. The van der Waals surface area contributed by atoms with Crippen LogP contribution < -0.4 is 5.73 Å². The third-order valence-electron chi connectivity index (χ3n) is 2.64. The minimum absolute atomic E-state index is 0.0399. The highest BCUT2D eigenvalue weighted by atomic mass is 35.5. The first-order chi connectivity index (χ1) is 8.16. The van der Waals surface area contributed by atoms with Gasteiger partial charge in [-0.15, -0.1) is 11.3 Å². The first-order valence-electron chi connectivity index (χ1n) is 5.39. The van der Waals surface area contributed by atoms with Gasteiger partial charge in [0.05, 0.1) is 0 Å². The molecule has 1 aromatic carbocycles. The van der Waals surface area contributed by atoms with E-state index in [-0.39, 0.29) is 6.04 Å². The topological polar surface area (TPSA) is 26.0 Å². The molecule has 1 atom stereocenters. The van der Waals surface area contributed by atoms with Gasteiger partial charge in [0.2, 0.25) is 0 Å². The fraction of sp³-hybridized carbons (Fsp3) is 0.231. The molecule has 0 aliphatic rings. The van der Waals surface area contributed by atoms with E-state index < -0.39 is 0 Å². The van der Waals surface area contributed by atoms with Crippen LogP contribution in [0.25, 0.3) is 0 Å². The average molecular weight is 286 g/mol. The third-order valence-corrected chi connectivity index (χ3v) is 4.14. The summed E-state index contributed by atoms with van der Waals surface area (Å²) in [5, 5.41) is 3.37. The summed E-state index contributed by atoms with van der Waals surface area (Å²) in [4.78, 5) is 1.35. The zero-order chi connectivity index (χ0) is 12.3. The van der Waals surface area contributed by atoms with Crippen molar-refractivity contribution in [3.63, 3.8) is 0 Å². The molecule has 0 aliphatic heterocycles. The van der Waals surface area contributed by atoms with Crippen LogP contribution >= 0.6 is 34.5 Å². The zero-order valence-electron chi connectivity index (χ0n) is 9.20. The van der Waals surface area contributed by atoms with Gasteiger partial charge < -0.3 is 5.73 Å². The minimum atomic E-state index is -0.0399. The second-order valence-electron chi connectivity index (χ2n) is 3.89. The fourth-order valence-electron chi connectivity index (χ4n) is 1.71. The van der Waals surface area contributed by atoms with E-state index in [4.69, 9.17) is 28.9 Å². The van der Waals surface area contributed by atoms with Crippen molar-refractivity contribution in [2.45, 2.75) is 18.9 Å². The molecule has 0 spiro atoms. The number of hydrogen-bond donors (Lipinski definition) is 1. The van der Waals surface area contributed by atoms with E-state index in [2.05, 4.69) is 17.5 Å². The van der Waals surface area contributed by atoms with Crippen molar-refractivity contribution in [2.24, 2.45) is 5.73 Å². The molecular formula is C13H13Cl2NS. The molecule has 0 radical (unpaired) electrons. The number of halogens is 2. The molecule has 0 saturated heterocycles. The maximum Gasteiger partial charge on any atom is 0.0468 e. The Morgan fingerprint density at radius 2 is 2.06 bits per heavy atom. The number of benzene rings is 1. The van der Waals surface area contributed by atoms with E-state index in [1.54, 1.807) is 17.4 Å². The molecule has 90 valence electrons. The number of aryl methyl sites for hydroxylation is 1. The van der Waals surface area contributed by atoms with Gasteiger partial charge >= 0.3 is 0 Å². The lowest BCUT2D eigenvalue weighted by atomic mass is 10.0. The van der Waals surface area contributed by atoms with Gasteiger partial charge in [-0.1, -0.05) is 35.3 Å². The third kappa shape index (κ3) is 3.46. The van der Waals surface area contributed by atoms with Crippen molar-refractivity contribution >= 4 is 34.5 Å². The molecule has 1 aromatic heterocycles. The van der Waals surface area contributed by atoms with Crippen LogP contribution in [0.5, 0.6) is 0 Å². The van der Waals surface area contributed by atoms with Gasteiger partial charge in [-0.2, -0.15) is 0 Å². The maximum absolute atomic E-state index is 6.14. The van der Waals surface area contributed by atoms with Gasteiger partial charge in [0.25, 0.3) is 0 Å². The zero-order valence-corrected chi connectivity index (χ0v) is 11.5. The molecule has 4 heteroatoms. The van der Waals surface area contributed by atoms with Crippen LogP contribution in [-0.4, -0.2) is 0 Å². The number of hydrogen-bond acceptors (Lipinski definition) is 2. The molecule has 0 amide bonds. The second-order valence-corrected chi connectivity index (χ2v) is 5.77. The molecule has 0 bridgehead atoms. The number of rotatable bonds is 4. The van der Waals surface area contributed by atoms with Crippen molar-refractivity contribution in [1.29, 1.82) is 0 Å². The lowest BCUT2D eigenvalue weighted by Crippen LogP contribution is -2.11. The monoisotopic (exact) mass is 285 g/mol. The predicted octanol–water partition coefficient (Wildman–Crippen LogP) is 4.69. The predicted molar refractivity (Wildman–Crippen MR) is 76.0 cm³/mol. The summed E-state index contributed by atoms with van der Waals surface area (Å²) in [5.74, 6) is 0. The van der Waals surface area contributed by atoms with Crippen LogP contribution in [0.1, 0.15) is 22.9 Å². The van der Waals surface area contributed by atoms with Gasteiger partial charge in [-0.25, -0.2) is 0 Å². The van der Waals surface area contributed by atoms with Gasteiger partial charge in [0.15, 0.2) is 0 Å². The number of thiophene rings is 1. The lowest BCUT2D eigenvalue weighted by molar-refractivity contribution is 0.656. The average Bonchev–Trinajstić information content (AvgIpc) is 2.78. The minimum Gasteiger partial charge on any atom is -0.324 e. The standard InChI is InChI=1S/C13H13Cl2NS/c14-9-3-5-11(12(15)8-9)13(16)6-4-10-2-1-7-17-10/h1-3,5,7-8,13H,4,6,16H2. The van der Waals surface area contributed by atoms with E-state index in [9.17, 15) is 0 Å². The van der Waals surface area contributed by atoms with Crippen LogP contribution in [-0.2, 0) is 6.42 Å². The number of nitrogens with two attached hydrogens (primary N) is 1. The highest BCUT2D eigenvalue weighted by Gasteiger charge is 2.10. The van der Waals surface area contributed by atoms with Crippen LogP contribution in [0.4, 0.5) is 0 Å². The smallest absolute Gasteiger partial charge is 0.0468 e. The molecule has 2 aromatic rings. The van der Waals surface area contributed by atoms with E-state index in [1.807, 2.05) is 12.1 Å². The highest BCUT2D eigenvalue weighted by molar-refractivity contribution is 7.09. The summed E-state index contributed by atoms with van der Waals surface area (Å²) in [5.41, 5.74) is 7.10.